The van der Waals surface area contributed by atoms with Gasteiger partial charge in [0.25, 0.3) is 0 Å². The zero-order valence-corrected chi connectivity index (χ0v) is 10.00. The third-order valence-electron chi connectivity index (χ3n) is 2.15. The second-order valence-corrected chi connectivity index (χ2v) is 3.51. The predicted octanol–water partition coefficient (Wildman–Crippen LogP) is 2.37. The Hall–Kier alpha value is -2.10. The molecule has 0 bridgehead atoms. The molecule has 0 spiro atoms. The Morgan fingerprint density at radius 1 is 1.29 bits per heavy atom. The highest BCUT2D eigenvalue weighted by molar-refractivity contribution is 5.87. The molecule has 0 unspecified atom stereocenters. The first-order valence-corrected chi connectivity index (χ1v) is 5.40. The molecule has 2 aromatic rings. The van der Waals surface area contributed by atoms with Gasteiger partial charge in [-0.3, -0.25) is 4.68 Å². The summed E-state index contributed by atoms with van der Waals surface area (Å²) in [6.45, 7) is 2.10. The van der Waals surface area contributed by atoms with E-state index in [4.69, 9.17) is 5.11 Å². The maximum absolute atomic E-state index is 10.2. The molecule has 0 amide bonds. The zero-order valence-electron chi connectivity index (χ0n) is 10.00. The molecule has 4 heteroatoms. The lowest BCUT2D eigenvalue weighted by molar-refractivity contribution is 0.0697. The van der Waals surface area contributed by atoms with E-state index in [-0.39, 0.29) is 0 Å². The van der Waals surface area contributed by atoms with Crippen molar-refractivity contribution < 1.29 is 9.90 Å². The van der Waals surface area contributed by atoms with Gasteiger partial charge in [0.2, 0.25) is 0 Å². The highest BCUT2D eigenvalue weighted by Crippen LogP contribution is 1.96. The number of carbonyl (C=O) groups is 1. The van der Waals surface area contributed by atoms with Gasteiger partial charge in [-0.15, -0.1) is 0 Å². The molecule has 0 radical (unpaired) electrons. The van der Waals surface area contributed by atoms with Crippen LogP contribution in [0.5, 0.6) is 0 Å². The van der Waals surface area contributed by atoms with E-state index in [1.165, 1.54) is 0 Å². The molecule has 0 aliphatic heterocycles. The Kier molecular flexibility index (Phi) is 4.94. The number of aromatic carboxylic acids is 1. The summed E-state index contributed by atoms with van der Waals surface area (Å²) in [7, 11) is 1.93. The van der Waals surface area contributed by atoms with Crippen LogP contribution in [0.4, 0.5) is 0 Å². The molecule has 0 aliphatic carbocycles. The molecule has 0 saturated carbocycles. The summed E-state index contributed by atoms with van der Waals surface area (Å²) >= 11 is 0. The van der Waals surface area contributed by atoms with E-state index in [0.717, 1.165) is 12.1 Å². The van der Waals surface area contributed by atoms with Crippen molar-refractivity contribution in [3.63, 3.8) is 0 Å². The SMILES string of the molecule is CCc1ccn(C)n1.O=C(O)c1ccccc1. The number of benzene rings is 1. The van der Waals surface area contributed by atoms with Crippen LogP contribution < -0.4 is 0 Å². The summed E-state index contributed by atoms with van der Waals surface area (Å²) < 4.78 is 1.82. The normalized spacial score (nSPS) is 9.29. The smallest absolute Gasteiger partial charge is 0.335 e. The standard InChI is InChI=1S/C7H6O2.C6H10N2/c8-7(9)6-4-2-1-3-5-6;1-3-6-4-5-8(2)7-6/h1-5H,(H,8,9);4-5H,3H2,1-2H3. The topological polar surface area (TPSA) is 55.1 Å². The first-order valence-electron chi connectivity index (χ1n) is 5.40. The molecule has 4 nitrogen and oxygen atoms in total. The van der Waals surface area contributed by atoms with Crippen LogP contribution in [0.1, 0.15) is 23.0 Å². The van der Waals surface area contributed by atoms with E-state index in [0.29, 0.717) is 5.56 Å². The van der Waals surface area contributed by atoms with Crippen LogP contribution in [-0.4, -0.2) is 20.9 Å². The number of nitrogens with zero attached hydrogens (tertiary/aromatic N) is 2. The molecule has 17 heavy (non-hydrogen) atoms. The fourth-order valence-electron chi connectivity index (χ4n) is 1.23. The minimum absolute atomic E-state index is 0.331. The molecule has 0 atom stereocenters. The summed E-state index contributed by atoms with van der Waals surface area (Å²) in [6.07, 6.45) is 2.99. The molecule has 1 heterocycles. The first-order chi connectivity index (χ1) is 8.13. The van der Waals surface area contributed by atoms with Crippen LogP contribution in [0.3, 0.4) is 0 Å². The minimum atomic E-state index is -0.879. The molecule has 90 valence electrons. The van der Waals surface area contributed by atoms with E-state index >= 15 is 0 Å². The summed E-state index contributed by atoms with van der Waals surface area (Å²) in [5, 5.41) is 12.5. The van der Waals surface area contributed by atoms with Crippen LogP contribution in [0.2, 0.25) is 0 Å². The van der Waals surface area contributed by atoms with Crippen molar-refractivity contribution in [2.45, 2.75) is 13.3 Å². The minimum Gasteiger partial charge on any atom is -0.478 e. The molecule has 1 N–H and O–H groups in total. The summed E-state index contributed by atoms with van der Waals surface area (Å²) in [5.74, 6) is -0.879. The number of aromatic nitrogens is 2. The van der Waals surface area contributed by atoms with Crippen LogP contribution in [0, 0.1) is 0 Å². The van der Waals surface area contributed by atoms with Crippen LogP contribution in [-0.2, 0) is 13.5 Å². The van der Waals surface area contributed by atoms with Crippen molar-refractivity contribution in [2.75, 3.05) is 0 Å². The number of carboxylic acid groups (broad SMARTS) is 1. The van der Waals surface area contributed by atoms with E-state index in [1.807, 2.05) is 24.0 Å². The van der Waals surface area contributed by atoms with Crippen molar-refractivity contribution >= 4 is 5.97 Å². The number of aryl methyl sites for hydroxylation is 2. The van der Waals surface area contributed by atoms with Crippen LogP contribution in [0.25, 0.3) is 0 Å². The molecular formula is C13H16N2O2. The Balaban J connectivity index is 0.000000171. The van der Waals surface area contributed by atoms with E-state index < -0.39 is 5.97 Å². The van der Waals surface area contributed by atoms with Gasteiger partial charge < -0.3 is 5.11 Å². The maximum Gasteiger partial charge on any atom is 0.335 e. The average molecular weight is 232 g/mol. The molecular weight excluding hydrogens is 216 g/mol. The van der Waals surface area contributed by atoms with Crippen molar-refractivity contribution in [3.05, 3.63) is 53.9 Å². The van der Waals surface area contributed by atoms with Crippen molar-refractivity contribution in [1.29, 1.82) is 0 Å². The monoisotopic (exact) mass is 232 g/mol. The summed E-state index contributed by atoms with van der Waals surface area (Å²) in [4.78, 5) is 10.2. The number of carboxylic acids is 1. The molecule has 2 rings (SSSR count). The number of rotatable bonds is 2. The predicted molar refractivity (Wildman–Crippen MR) is 66.0 cm³/mol. The van der Waals surface area contributed by atoms with Gasteiger partial charge in [0.1, 0.15) is 0 Å². The van der Waals surface area contributed by atoms with Crippen LogP contribution in [0.15, 0.2) is 42.6 Å². The summed E-state index contributed by atoms with van der Waals surface area (Å²) in [5.41, 5.74) is 1.49. The van der Waals surface area contributed by atoms with Gasteiger partial charge in [0.05, 0.1) is 11.3 Å². The first kappa shape index (κ1) is 13.0. The van der Waals surface area contributed by atoms with Gasteiger partial charge in [-0.1, -0.05) is 25.1 Å². The van der Waals surface area contributed by atoms with Gasteiger partial charge in [0.15, 0.2) is 0 Å². The fraction of sp³-hybridized carbons (Fsp3) is 0.231. The molecule has 0 fully saturated rings. The van der Waals surface area contributed by atoms with E-state index in [1.54, 1.807) is 30.3 Å². The largest absolute Gasteiger partial charge is 0.478 e. The molecule has 1 aromatic heterocycles. The lowest BCUT2D eigenvalue weighted by Gasteiger charge is -1.88. The Bertz CT molecular complexity index is 463. The third kappa shape index (κ3) is 4.51. The summed E-state index contributed by atoms with van der Waals surface area (Å²) in [6, 6.07) is 10.3. The van der Waals surface area contributed by atoms with E-state index in [9.17, 15) is 4.79 Å². The van der Waals surface area contributed by atoms with E-state index in [2.05, 4.69) is 12.0 Å². The van der Waals surface area contributed by atoms with Crippen LogP contribution >= 0.6 is 0 Å². The highest BCUT2D eigenvalue weighted by Gasteiger charge is 1.96. The quantitative estimate of drug-likeness (QED) is 0.864. The van der Waals surface area contributed by atoms with Gasteiger partial charge >= 0.3 is 5.97 Å². The van der Waals surface area contributed by atoms with Crippen molar-refractivity contribution in [2.24, 2.45) is 7.05 Å². The molecule has 0 aliphatic rings. The maximum atomic E-state index is 10.2. The average Bonchev–Trinajstić information content (AvgIpc) is 2.77. The second-order valence-electron chi connectivity index (χ2n) is 3.51. The number of hydrogen-bond acceptors (Lipinski definition) is 2. The number of hydrogen-bond donors (Lipinski definition) is 1. The Labute approximate surface area is 101 Å². The van der Waals surface area contributed by atoms with Gasteiger partial charge in [-0.25, -0.2) is 4.79 Å². The Morgan fingerprint density at radius 2 is 1.94 bits per heavy atom. The Morgan fingerprint density at radius 3 is 2.24 bits per heavy atom. The zero-order chi connectivity index (χ0) is 12.7. The molecule has 1 aromatic carbocycles. The fourth-order valence-corrected chi connectivity index (χ4v) is 1.23. The molecule has 0 saturated heterocycles. The lowest BCUT2D eigenvalue weighted by atomic mass is 10.2. The third-order valence-corrected chi connectivity index (χ3v) is 2.15. The van der Waals surface area contributed by atoms with Gasteiger partial charge in [-0.2, -0.15) is 5.10 Å². The van der Waals surface area contributed by atoms with Crippen molar-refractivity contribution in [1.82, 2.24) is 9.78 Å². The lowest BCUT2D eigenvalue weighted by Crippen LogP contribution is -1.93. The van der Waals surface area contributed by atoms with Gasteiger partial charge in [-0.05, 0) is 24.6 Å². The van der Waals surface area contributed by atoms with Gasteiger partial charge in [0, 0.05) is 13.2 Å². The van der Waals surface area contributed by atoms with Crippen molar-refractivity contribution in [3.8, 4) is 0 Å². The second kappa shape index (κ2) is 6.48. The highest BCUT2D eigenvalue weighted by atomic mass is 16.4.